The summed E-state index contributed by atoms with van der Waals surface area (Å²) >= 11 is 0. The number of rotatable bonds is 3. The molecule has 0 aliphatic rings. The lowest BCUT2D eigenvalue weighted by Crippen LogP contribution is -1.93. The second-order valence-corrected chi connectivity index (χ2v) is 3.67. The third-order valence-electron chi connectivity index (χ3n) is 2.24. The molecule has 0 spiro atoms. The predicted molar refractivity (Wildman–Crippen MR) is 76.0 cm³/mol. The molecular weight excluding hydrogens is 240 g/mol. The monoisotopic (exact) mass is 256 g/mol. The summed E-state index contributed by atoms with van der Waals surface area (Å²) in [5.74, 6) is -0.879. The summed E-state index contributed by atoms with van der Waals surface area (Å²) in [6.45, 7) is 0.106. The van der Waals surface area contributed by atoms with Gasteiger partial charge in [0.1, 0.15) is 0 Å². The average molecular weight is 256 g/mol. The number of hydrogen-bond donors (Lipinski definition) is 2. The van der Waals surface area contributed by atoms with Crippen LogP contribution in [0.3, 0.4) is 0 Å². The van der Waals surface area contributed by atoms with E-state index in [1.165, 1.54) is 0 Å². The molecule has 0 fully saturated rings. The van der Waals surface area contributed by atoms with Gasteiger partial charge in [0.15, 0.2) is 0 Å². The lowest BCUT2D eigenvalue weighted by molar-refractivity contribution is 0.0697. The van der Waals surface area contributed by atoms with Crippen molar-refractivity contribution in [3.8, 4) is 0 Å². The van der Waals surface area contributed by atoms with Crippen molar-refractivity contribution in [1.82, 2.24) is 0 Å². The molecule has 3 nitrogen and oxygen atoms in total. The van der Waals surface area contributed by atoms with E-state index in [0.29, 0.717) is 5.56 Å². The van der Waals surface area contributed by atoms with E-state index in [0.717, 1.165) is 5.56 Å². The van der Waals surface area contributed by atoms with E-state index in [9.17, 15) is 4.79 Å². The fourth-order valence-corrected chi connectivity index (χ4v) is 1.33. The summed E-state index contributed by atoms with van der Waals surface area (Å²) < 4.78 is 0. The minimum absolute atomic E-state index is 0.106. The van der Waals surface area contributed by atoms with Crippen LogP contribution < -0.4 is 0 Å². The molecule has 0 radical (unpaired) electrons. The molecule has 2 aromatic rings. The van der Waals surface area contributed by atoms with Crippen LogP contribution in [0.1, 0.15) is 15.9 Å². The molecule has 2 N–H and O–H groups in total. The van der Waals surface area contributed by atoms with E-state index in [1.54, 1.807) is 36.4 Å². The first kappa shape index (κ1) is 14.7. The standard InChI is InChI=1S/C9H10O.C7H6O2/c10-8-4-7-9-5-2-1-3-6-9;8-7(9)6-4-2-1-3-5-6/h1-7,10H,8H2;1-5H,(H,8,9)/b7-4+;. The van der Waals surface area contributed by atoms with Crippen LogP contribution in [0.5, 0.6) is 0 Å². The molecule has 0 aliphatic heterocycles. The zero-order chi connectivity index (χ0) is 13.9. The quantitative estimate of drug-likeness (QED) is 0.887. The van der Waals surface area contributed by atoms with Gasteiger partial charge in [0.2, 0.25) is 0 Å². The molecule has 0 saturated heterocycles. The number of benzene rings is 2. The van der Waals surface area contributed by atoms with Crippen molar-refractivity contribution in [2.24, 2.45) is 0 Å². The SMILES string of the molecule is O=C(O)c1ccccc1.OC/C=C/c1ccccc1. The van der Waals surface area contributed by atoms with Gasteiger partial charge in [-0.15, -0.1) is 0 Å². The van der Waals surface area contributed by atoms with Crippen molar-refractivity contribution in [3.05, 3.63) is 77.9 Å². The van der Waals surface area contributed by atoms with Gasteiger partial charge in [0.05, 0.1) is 12.2 Å². The first-order valence-corrected chi connectivity index (χ1v) is 5.85. The predicted octanol–water partition coefficient (Wildman–Crippen LogP) is 3.08. The molecule has 19 heavy (non-hydrogen) atoms. The zero-order valence-corrected chi connectivity index (χ0v) is 10.4. The molecule has 3 heteroatoms. The van der Waals surface area contributed by atoms with Crippen molar-refractivity contribution in [2.45, 2.75) is 0 Å². The summed E-state index contributed by atoms with van der Waals surface area (Å²) in [7, 11) is 0. The van der Waals surface area contributed by atoms with Gasteiger partial charge in [0, 0.05) is 0 Å². The fourth-order valence-electron chi connectivity index (χ4n) is 1.33. The first-order chi connectivity index (χ1) is 9.24. The number of aliphatic hydroxyl groups excluding tert-OH is 1. The number of aliphatic hydroxyl groups is 1. The largest absolute Gasteiger partial charge is 0.478 e. The Hall–Kier alpha value is -2.39. The molecule has 0 unspecified atom stereocenters. The average Bonchev–Trinajstić information content (AvgIpc) is 2.48. The molecule has 2 rings (SSSR count). The van der Waals surface area contributed by atoms with Crippen molar-refractivity contribution in [2.75, 3.05) is 6.61 Å². The second kappa shape index (κ2) is 8.66. The van der Waals surface area contributed by atoms with Crippen LogP contribution in [0, 0.1) is 0 Å². The molecule has 0 heterocycles. The Morgan fingerprint density at radius 1 is 0.947 bits per heavy atom. The minimum atomic E-state index is -0.879. The Morgan fingerprint density at radius 3 is 1.89 bits per heavy atom. The summed E-state index contributed by atoms with van der Waals surface area (Å²) in [5.41, 5.74) is 1.45. The van der Waals surface area contributed by atoms with Crippen LogP contribution in [0.2, 0.25) is 0 Å². The van der Waals surface area contributed by atoms with Crippen LogP contribution in [-0.2, 0) is 0 Å². The number of carbonyl (C=O) groups is 1. The maximum absolute atomic E-state index is 10.2. The summed E-state index contributed by atoms with van der Waals surface area (Å²) in [6, 6.07) is 18.2. The molecular formula is C16H16O3. The van der Waals surface area contributed by atoms with E-state index < -0.39 is 5.97 Å². The van der Waals surface area contributed by atoms with Gasteiger partial charge in [-0.3, -0.25) is 0 Å². The molecule has 0 aromatic heterocycles. The Kier molecular flexibility index (Phi) is 6.69. The highest BCUT2D eigenvalue weighted by atomic mass is 16.4. The third-order valence-corrected chi connectivity index (χ3v) is 2.24. The molecule has 0 aliphatic carbocycles. The van der Waals surface area contributed by atoms with E-state index in [4.69, 9.17) is 10.2 Å². The van der Waals surface area contributed by atoms with Gasteiger partial charge in [0.25, 0.3) is 0 Å². The van der Waals surface area contributed by atoms with E-state index >= 15 is 0 Å². The minimum Gasteiger partial charge on any atom is -0.478 e. The summed E-state index contributed by atoms with van der Waals surface area (Å²) in [5, 5.41) is 16.8. The van der Waals surface area contributed by atoms with Gasteiger partial charge in [-0.1, -0.05) is 60.7 Å². The number of carboxylic acids is 1. The lowest BCUT2D eigenvalue weighted by Gasteiger charge is -1.88. The van der Waals surface area contributed by atoms with Gasteiger partial charge in [-0.05, 0) is 17.7 Å². The smallest absolute Gasteiger partial charge is 0.335 e. The number of hydrogen-bond acceptors (Lipinski definition) is 2. The third kappa shape index (κ3) is 6.19. The molecule has 2 aromatic carbocycles. The molecule has 98 valence electrons. The van der Waals surface area contributed by atoms with Crippen LogP contribution in [0.15, 0.2) is 66.7 Å². The van der Waals surface area contributed by atoms with Crippen molar-refractivity contribution >= 4 is 12.0 Å². The van der Waals surface area contributed by atoms with Crippen molar-refractivity contribution < 1.29 is 15.0 Å². The van der Waals surface area contributed by atoms with Crippen LogP contribution in [-0.4, -0.2) is 22.8 Å². The van der Waals surface area contributed by atoms with Crippen LogP contribution >= 0.6 is 0 Å². The maximum atomic E-state index is 10.2. The van der Waals surface area contributed by atoms with E-state index in [1.807, 2.05) is 36.4 Å². The molecule has 0 atom stereocenters. The molecule has 0 saturated carbocycles. The van der Waals surface area contributed by atoms with E-state index in [-0.39, 0.29) is 6.61 Å². The summed E-state index contributed by atoms with van der Waals surface area (Å²) in [6.07, 6.45) is 3.61. The molecule has 0 amide bonds. The van der Waals surface area contributed by atoms with Gasteiger partial charge in [-0.25, -0.2) is 4.79 Å². The number of carboxylic acid groups (broad SMARTS) is 1. The highest BCUT2D eigenvalue weighted by Gasteiger charge is 1.96. The van der Waals surface area contributed by atoms with Crippen molar-refractivity contribution in [1.29, 1.82) is 0 Å². The normalized spacial score (nSPS) is 9.74. The molecule has 0 bridgehead atoms. The maximum Gasteiger partial charge on any atom is 0.335 e. The van der Waals surface area contributed by atoms with E-state index in [2.05, 4.69) is 0 Å². The van der Waals surface area contributed by atoms with Gasteiger partial charge >= 0.3 is 5.97 Å². The summed E-state index contributed by atoms with van der Waals surface area (Å²) in [4.78, 5) is 10.2. The highest BCUT2D eigenvalue weighted by Crippen LogP contribution is 1.99. The Morgan fingerprint density at radius 2 is 1.47 bits per heavy atom. The Balaban J connectivity index is 0.000000191. The van der Waals surface area contributed by atoms with Crippen LogP contribution in [0.25, 0.3) is 6.08 Å². The van der Waals surface area contributed by atoms with Gasteiger partial charge in [-0.2, -0.15) is 0 Å². The Bertz CT molecular complexity index is 504. The lowest BCUT2D eigenvalue weighted by atomic mass is 10.2. The second-order valence-electron chi connectivity index (χ2n) is 3.67. The van der Waals surface area contributed by atoms with Crippen molar-refractivity contribution in [3.63, 3.8) is 0 Å². The Labute approximate surface area is 112 Å². The van der Waals surface area contributed by atoms with Gasteiger partial charge < -0.3 is 10.2 Å². The van der Waals surface area contributed by atoms with Crippen LogP contribution in [0.4, 0.5) is 0 Å². The number of aromatic carboxylic acids is 1. The fraction of sp³-hybridized carbons (Fsp3) is 0.0625. The highest BCUT2D eigenvalue weighted by molar-refractivity contribution is 5.87. The zero-order valence-electron chi connectivity index (χ0n) is 10.4. The first-order valence-electron chi connectivity index (χ1n) is 5.85. The topological polar surface area (TPSA) is 57.5 Å².